The number of phenols is 3. The molecule has 0 aromatic heterocycles. The van der Waals surface area contributed by atoms with E-state index in [4.69, 9.17) is 10.8 Å². The van der Waals surface area contributed by atoms with Gasteiger partial charge in [0.1, 0.15) is 17.2 Å². The maximum Gasteiger partial charge on any atom is 1.00 e. The Hall–Kier alpha value is -4.96. The van der Waals surface area contributed by atoms with Crippen molar-refractivity contribution in [1.82, 2.24) is 5.32 Å². The Bertz CT molecular complexity index is 1820. The van der Waals surface area contributed by atoms with Crippen LogP contribution in [0.2, 0.25) is 0 Å². The number of nitrogens with two attached hydrogens (primary N) is 1. The molecule has 0 aliphatic carbocycles. The number of para-hydroxylation sites is 3. The third-order valence-corrected chi connectivity index (χ3v) is 6.91. The molecule has 0 unspecified atom stereocenters. The standard InChI is InChI=1S/C14H15NO.C14H13NO.C7H9N.C7H6O2.B.Na.H/c2*16-14-9-5-4-8-13(14)11-15-10-12-6-2-1-3-7-12;8-6-7-4-2-1-3-5-7;8-5-6-3-1-2-4-7(6)9;;;/h1-9,15-16H,10-11H2;1-9,11,16H,10H2;1-5H,6,8H2;1-5,9H;;;/q;;;;;+1;-1. The molecule has 3 radical (unpaired) electrons. The zero-order chi connectivity index (χ0) is 34.9. The number of phenolic OH excluding ortho intramolecular Hbond substituents is 3. The van der Waals surface area contributed by atoms with Crippen LogP contribution in [-0.2, 0) is 26.2 Å². The Morgan fingerprint density at radius 1 is 0.549 bits per heavy atom. The van der Waals surface area contributed by atoms with E-state index in [1.165, 1.54) is 17.2 Å². The smallest absolute Gasteiger partial charge is 1.00 e. The number of nitrogens with zero attached hydrogens (tertiary/aromatic N) is 1. The Balaban J connectivity index is 0.000000681. The molecule has 0 aliphatic heterocycles. The topological polar surface area (TPSA) is 128 Å². The van der Waals surface area contributed by atoms with Gasteiger partial charge in [0.05, 0.1) is 12.1 Å². The Morgan fingerprint density at radius 2 is 0.980 bits per heavy atom. The van der Waals surface area contributed by atoms with Crippen molar-refractivity contribution in [3.63, 3.8) is 0 Å². The molecule has 51 heavy (non-hydrogen) atoms. The number of benzene rings is 6. The second-order valence-corrected chi connectivity index (χ2v) is 10.6. The van der Waals surface area contributed by atoms with Gasteiger partial charge < -0.3 is 27.8 Å². The molecule has 7 nitrogen and oxygen atoms in total. The van der Waals surface area contributed by atoms with Crippen molar-refractivity contribution in [2.45, 2.75) is 26.2 Å². The van der Waals surface area contributed by atoms with E-state index in [2.05, 4.69) is 22.4 Å². The summed E-state index contributed by atoms with van der Waals surface area (Å²) >= 11 is 0. The van der Waals surface area contributed by atoms with Gasteiger partial charge in [-0.2, -0.15) is 0 Å². The summed E-state index contributed by atoms with van der Waals surface area (Å²) in [6.45, 7) is 2.77. The van der Waals surface area contributed by atoms with Gasteiger partial charge in [-0.05, 0) is 47.0 Å². The van der Waals surface area contributed by atoms with Crippen LogP contribution in [-0.4, -0.2) is 36.2 Å². The van der Waals surface area contributed by atoms with Crippen molar-refractivity contribution >= 4 is 20.9 Å². The first-order chi connectivity index (χ1) is 24.0. The summed E-state index contributed by atoms with van der Waals surface area (Å²) in [5.74, 6) is 0.648. The van der Waals surface area contributed by atoms with Gasteiger partial charge in [0.25, 0.3) is 0 Å². The van der Waals surface area contributed by atoms with E-state index < -0.39 is 0 Å². The van der Waals surface area contributed by atoms with Crippen LogP contribution in [0.1, 0.15) is 39.6 Å². The molecule has 6 aromatic rings. The zero-order valence-corrected chi connectivity index (χ0v) is 30.9. The SMILES string of the molecule is NCc1ccccc1.O=Cc1ccccc1O.Oc1ccccc1C=NCc1ccccc1.Oc1ccccc1CNCc1ccccc1.[B].[H-].[Na+]. The number of carbonyl (C=O) groups is 1. The molecule has 0 saturated heterocycles. The molecule has 255 valence electrons. The molecule has 6 N–H and O–H groups in total. The fourth-order valence-electron chi connectivity index (χ4n) is 4.23. The van der Waals surface area contributed by atoms with Crippen molar-refractivity contribution in [2.24, 2.45) is 10.7 Å². The van der Waals surface area contributed by atoms with Gasteiger partial charge in [0.15, 0.2) is 6.29 Å². The average molecular weight is 689 g/mol. The van der Waals surface area contributed by atoms with Crippen LogP contribution in [0.25, 0.3) is 0 Å². The second-order valence-electron chi connectivity index (χ2n) is 10.6. The monoisotopic (exact) mass is 688 g/mol. The van der Waals surface area contributed by atoms with E-state index in [9.17, 15) is 15.0 Å². The number of aldehydes is 1. The molecule has 6 aromatic carbocycles. The Kier molecular flexibility index (Phi) is 23.2. The number of carbonyl (C=O) groups excluding carboxylic acids is 1. The Labute approximate surface area is 326 Å². The van der Waals surface area contributed by atoms with Gasteiger partial charge in [0, 0.05) is 45.4 Å². The first kappa shape index (κ1) is 44.1. The van der Waals surface area contributed by atoms with Gasteiger partial charge in [0.2, 0.25) is 0 Å². The molecular weight excluding hydrogens is 644 g/mol. The molecule has 0 atom stereocenters. The van der Waals surface area contributed by atoms with E-state index in [1.807, 2.05) is 109 Å². The average Bonchev–Trinajstić information content (AvgIpc) is 3.15. The van der Waals surface area contributed by atoms with Crippen molar-refractivity contribution in [3.05, 3.63) is 197 Å². The van der Waals surface area contributed by atoms with Gasteiger partial charge in [-0.1, -0.05) is 133 Å². The number of hydrogen-bond donors (Lipinski definition) is 5. The number of rotatable bonds is 9. The predicted molar refractivity (Wildman–Crippen MR) is 206 cm³/mol. The molecular formula is C42H44BN3NaO4. The normalized spacial score (nSPS) is 9.59. The predicted octanol–water partition coefficient (Wildman–Crippen LogP) is 4.78. The third-order valence-electron chi connectivity index (χ3n) is 6.91. The molecule has 0 amide bonds. The maximum atomic E-state index is 10.1. The number of hydrogen-bond acceptors (Lipinski definition) is 7. The largest absolute Gasteiger partial charge is 1.00 e. The van der Waals surface area contributed by atoms with Crippen LogP contribution in [0.4, 0.5) is 0 Å². The van der Waals surface area contributed by atoms with E-state index in [0.29, 0.717) is 37.2 Å². The molecule has 0 fully saturated rings. The van der Waals surface area contributed by atoms with Crippen LogP contribution in [0.5, 0.6) is 17.2 Å². The van der Waals surface area contributed by atoms with Crippen LogP contribution < -0.4 is 40.6 Å². The summed E-state index contributed by atoms with van der Waals surface area (Å²) in [5.41, 5.74) is 11.0. The molecule has 9 heteroatoms. The van der Waals surface area contributed by atoms with E-state index in [1.54, 1.807) is 42.6 Å². The van der Waals surface area contributed by atoms with Crippen LogP contribution in [0, 0.1) is 0 Å². The van der Waals surface area contributed by atoms with Crippen molar-refractivity contribution in [2.75, 3.05) is 0 Å². The van der Waals surface area contributed by atoms with E-state index in [0.717, 1.165) is 23.2 Å². The minimum absolute atomic E-state index is 0. The van der Waals surface area contributed by atoms with Crippen LogP contribution in [0.3, 0.4) is 0 Å². The van der Waals surface area contributed by atoms with Gasteiger partial charge in [-0.15, -0.1) is 0 Å². The zero-order valence-electron chi connectivity index (χ0n) is 29.9. The van der Waals surface area contributed by atoms with Gasteiger partial charge in [-0.25, -0.2) is 0 Å². The number of nitrogens with one attached hydrogen (secondary N) is 1. The number of aliphatic imine (C=N–C) groups is 1. The molecule has 0 spiro atoms. The molecule has 0 heterocycles. The summed E-state index contributed by atoms with van der Waals surface area (Å²) in [6, 6.07) is 51.2. The first-order valence-corrected chi connectivity index (χ1v) is 15.8. The van der Waals surface area contributed by atoms with Crippen LogP contribution in [0.15, 0.2) is 169 Å². The fraction of sp³-hybridized carbons (Fsp3) is 0.0952. The molecule has 0 aliphatic rings. The third kappa shape index (κ3) is 18.0. The molecule has 0 saturated carbocycles. The van der Waals surface area contributed by atoms with Crippen LogP contribution >= 0.6 is 0 Å². The summed E-state index contributed by atoms with van der Waals surface area (Å²) in [4.78, 5) is 14.4. The maximum absolute atomic E-state index is 10.1. The quantitative estimate of drug-likeness (QED) is 0.0846. The van der Waals surface area contributed by atoms with Gasteiger partial charge >= 0.3 is 29.6 Å². The van der Waals surface area contributed by atoms with E-state index >= 15 is 0 Å². The summed E-state index contributed by atoms with van der Waals surface area (Å²) < 4.78 is 0. The first-order valence-electron chi connectivity index (χ1n) is 15.8. The molecule has 0 bridgehead atoms. The number of aromatic hydroxyl groups is 3. The minimum atomic E-state index is 0. The summed E-state index contributed by atoms with van der Waals surface area (Å²) in [5, 5.41) is 31.3. The minimum Gasteiger partial charge on any atom is -1.00 e. The fourth-order valence-corrected chi connectivity index (χ4v) is 4.23. The molecule has 6 rings (SSSR count). The van der Waals surface area contributed by atoms with E-state index in [-0.39, 0.29) is 50.9 Å². The van der Waals surface area contributed by atoms with Gasteiger partial charge in [-0.3, -0.25) is 9.79 Å². The Morgan fingerprint density at radius 3 is 1.43 bits per heavy atom. The van der Waals surface area contributed by atoms with Crippen molar-refractivity contribution in [3.8, 4) is 17.2 Å². The summed E-state index contributed by atoms with van der Waals surface area (Å²) in [7, 11) is 0. The van der Waals surface area contributed by atoms with Crippen molar-refractivity contribution in [1.29, 1.82) is 0 Å². The summed E-state index contributed by atoms with van der Waals surface area (Å²) in [6.07, 6.45) is 2.32. The second kappa shape index (κ2) is 26.9. The van der Waals surface area contributed by atoms with Crippen molar-refractivity contribution < 1.29 is 51.1 Å².